The number of unbranched alkanes of at least 4 members (excludes halogenated alkanes) is 1. The molecule has 0 saturated carbocycles. The summed E-state index contributed by atoms with van der Waals surface area (Å²) in [4.78, 5) is 15.6. The molecule has 2 heterocycles. The minimum atomic E-state index is -0.664. The molecule has 4 nitrogen and oxygen atoms in total. The van der Waals surface area contributed by atoms with Gasteiger partial charge in [-0.3, -0.25) is 9.69 Å². The highest BCUT2D eigenvalue weighted by molar-refractivity contribution is 5.66. The van der Waals surface area contributed by atoms with Gasteiger partial charge in [-0.05, 0) is 58.3 Å². The molecule has 2 saturated heterocycles. The Labute approximate surface area is 104 Å². The van der Waals surface area contributed by atoms with E-state index in [1.165, 1.54) is 45.4 Å². The van der Waals surface area contributed by atoms with Gasteiger partial charge >= 0.3 is 5.97 Å². The van der Waals surface area contributed by atoms with E-state index in [1.807, 2.05) is 0 Å². The van der Waals surface area contributed by atoms with Gasteiger partial charge in [-0.25, -0.2) is 0 Å². The van der Waals surface area contributed by atoms with Crippen LogP contribution in [0.3, 0.4) is 0 Å². The Morgan fingerprint density at radius 3 is 2.82 bits per heavy atom. The van der Waals surface area contributed by atoms with Crippen molar-refractivity contribution in [1.82, 2.24) is 9.80 Å². The van der Waals surface area contributed by atoms with Crippen molar-refractivity contribution in [3.63, 3.8) is 0 Å². The normalized spacial score (nSPS) is 26.7. The number of rotatable bonds is 5. The highest BCUT2D eigenvalue weighted by Gasteiger charge is 2.28. The Bertz CT molecular complexity index is 258. The lowest BCUT2D eigenvalue weighted by atomic mass is 10.2. The molecule has 0 spiro atoms. The van der Waals surface area contributed by atoms with Gasteiger partial charge in [0, 0.05) is 19.0 Å². The van der Waals surface area contributed by atoms with E-state index in [0.29, 0.717) is 6.42 Å². The molecule has 2 aliphatic heterocycles. The van der Waals surface area contributed by atoms with Crippen LogP contribution in [0.1, 0.15) is 38.5 Å². The quantitative estimate of drug-likeness (QED) is 0.738. The van der Waals surface area contributed by atoms with Crippen LogP contribution < -0.4 is 0 Å². The molecule has 4 heteroatoms. The second kappa shape index (κ2) is 6.36. The SMILES string of the molecule is O=C(O)CCCCN1CCCN2CCCC2C1. The van der Waals surface area contributed by atoms with Crippen LogP contribution in [-0.4, -0.2) is 59.6 Å². The molecule has 2 aliphatic rings. The summed E-state index contributed by atoms with van der Waals surface area (Å²) in [7, 11) is 0. The maximum atomic E-state index is 10.4. The van der Waals surface area contributed by atoms with Crippen molar-refractivity contribution in [2.75, 3.05) is 32.7 Å². The standard InChI is InChI=1S/C13H24N2O2/c16-13(17)6-1-2-7-14-8-4-10-15-9-3-5-12(15)11-14/h12H,1-11H2,(H,16,17). The van der Waals surface area contributed by atoms with Crippen LogP contribution in [0.2, 0.25) is 0 Å². The smallest absolute Gasteiger partial charge is 0.303 e. The fourth-order valence-electron chi connectivity index (χ4n) is 3.10. The molecule has 2 rings (SSSR count). The first kappa shape index (κ1) is 12.8. The summed E-state index contributed by atoms with van der Waals surface area (Å²) in [5.41, 5.74) is 0. The zero-order valence-electron chi connectivity index (χ0n) is 10.6. The minimum absolute atomic E-state index is 0.323. The summed E-state index contributed by atoms with van der Waals surface area (Å²) in [6.45, 7) is 6.03. The van der Waals surface area contributed by atoms with Gasteiger partial charge in [-0.15, -0.1) is 0 Å². The summed E-state index contributed by atoms with van der Waals surface area (Å²) in [6, 6.07) is 0.775. The molecule has 0 amide bonds. The van der Waals surface area contributed by atoms with E-state index in [1.54, 1.807) is 0 Å². The fraction of sp³-hybridized carbons (Fsp3) is 0.923. The highest BCUT2D eigenvalue weighted by Crippen LogP contribution is 2.21. The molecular weight excluding hydrogens is 216 g/mol. The highest BCUT2D eigenvalue weighted by atomic mass is 16.4. The largest absolute Gasteiger partial charge is 0.481 e. The Balaban J connectivity index is 1.68. The lowest BCUT2D eigenvalue weighted by Gasteiger charge is -2.25. The third-order valence-corrected chi connectivity index (χ3v) is 4.00. The van der Waals surface area contributed by atoms with Crippen molar-refractivity contribution in [1.29, 1.82) is 0 Å². The number of nitrogens with zero attached hydrogens (tertiary/aromatic N) is 2. The van der Waals surface area contributed by atoms with Crippen molar-refractivity contribution >= 4 is 5.97 Å². The summed E-state index contributed by atoms with van der Waals surface area (Å²) in [6.07, 6.45) is 6.15. The van der Waals surface area contributed by atoms with Crippen LogP contribution >= 0.6 is 0 Å². The molecule has 0 aliphatic carbocycles. The molecule has 17 heavy (non-hydrogen) atoms. The van der Waals surface area contributed by atoms with Crippen molar-refractivity contribution in [3.05, 3.63) is 0 Å². The van der Waals surface area contributed by atoms with E-state index < -0.39 is 5.97 Å². The molecule has 98 valence electrons. The first-order valence-electron chi connectivity index (χ1n) is 6.94. The zero-order chi connectivity index (χ0) is 12.1. The number of fused-ring (bicyclic) bond motifs is 1. The average Bonchev–Trinajstić information content (AvgIpc) is 2.63. The van der Waals surface area contributed by atoms with Crippen LogP contribution in [-0.2, 0) is 4.79 Å². The molecule has 1 unspecified atom stereocenters. The molecular formula is C13H24N2O2. The van der Waals surface area contributed by atoms with Crippen molar-refractivity contribution in [2.45, 2.75) is 44.6 Å². The van der Waals surface area contributed by atoms with E-state index in [-0.39, 0.29) is 0 Å². The lowest BCUT2D eigenvalue weighted by Crippen LogP contribution is -2.37. The van der Waals surface area contributed by atoms with Crippen LogP contribution in [0.15, 0.2) is 0 Å². The molecule has 0 bridgehead atoms. The van der Waals surface area contributed by atoms with Gasteiger partial charge in [-0.2, -0.15) is 0 Å². The summed E-state index contributed by atoms with van der Waals surface area (Å²) in [5.74, 6) is -0.664. The first-order valence-corrected chi connectivity index (χ1v) is 6.94. The minimum Gasteiger partial charge on any atom is -0.481 e. The van der Waals surface area contributed by atoms with E-state index >= 15 is 0 Å². The lowest BCUT2D eigenvalue weighted by molar-refractivity contribution is -0.137. The van der Waals surface area contributed by atoms with Crippen LogP contribution in [0.25, 0.3) is 0 Å². The van der Waals surface area contributed by atoms with E-state index in [9.17, 15) is 4.79 Å². The molecule has 1 atom stereocenters. The Morgan fingerprint density at radius 1 is 1.18 bits per heavy atom. The predicted molar refractivity (Wildman–Crippen MR) is 67.1 cm³/mol. The number of carboxylic acids is 1. The zero-order valence-corrected chi connectivity index (χ0v) is 10.6. The predicted octanol–water partition coefficient (Wildman–Crippen LogP) is 1.41. The van der Waals surface area contributed by atoms with Crippen LogP contribution in [0.4, 0.5) is 0 Å². The molecule has 2 fully saturated rings. The Morgan fingerprint density at radius 2 is 2.00 bits per heavy atom. The fourth-order valence-corrected chi connectivity index (χ4v) is 3.10. The molecule has 0 aromatic heterocycles. The van der Waals surface area contributed by atoms with Crippen LogP contribution in [0, 0.1) is 0 Å². The third kappa shape index (κ3) is 3.96. The van der Waals surface area contributed by atoms with Gasteiger partial charge in [0.15, 0.2) is 0 Å². The van der Waals surface area contributed by atoms with Gasteiger partial charge in [0.2, 0.25) is 0 Å². The number of carboxylic acid groups (broad SMARTS) is 1. The summed E-state index contributed by atoms with van der Waals surface area (Å²) in [5, 5.41) is 8.60. The monoisotopic (exact) mass is 240 g/mol. The second-order valence-electron chi connectivity index (χ2n) is 5.34. The van der Waals surface area contributed by atoms with Gasteiger partial charge in [0.1, 0.15) is 0 Å². The summed E-state index contributed by atoms with van der Waals surface area (Å²) >= 11 is 0. The van der Waals surface area contributed by atoms with Crippen molar-refractivity contribution in [2.24, 2.45) is 0 Å². The van der Waals surface area contributed by atoms with Gasteiger partial charge in [-0.1, -0.05) is 0 Å². The molecule has 1 N–H and O–H groups in total. The second-order valence-corrected chi connectivity index (χ2v) is 5.34. The van der Waals surface area contributed by atoms with E-state index in [4.69, 9.17) is 5.11 Å². The number of aliphatic carboxylic acids is 1. The number of hydrogen-bond acceptors (Lipinski definition) is 3. The maximum absolute atomic E-state index is 10.4. The molecule has 0 radical (unpaired) electrons. The molecule has 0 aromatic rings. The Hall–Kier alpha value is -0.610. The molecule has 0 aromatic carbocycles. The topological polar surface area (TPSA) is 43.8 Å². The van der Waals surface area contributed by atoms with Gasteiger partial charge in [0.05, 0.1) is 0 Å². The van der Waals surface area contributed by atoms with E-state index in [2.05, 4.69) is 9.80 Å². The van der Waals surface area contributed by atoms with Crippen molar-refractivity contribution < 1.29 is 9.90 Å². The number of hydrogen-bond donors (Lipinski definition) is 1. The van der Waals surface area contributed by atoms with Crippen molar-refractivity contribution in [3.8, 4) is 0 Å². The third-order valence-electron chi connectivity index (χ3n) is 4.00. The van der Waals surface area contributed by atoms with Crippen LogP contribution in [0.5, 0.6) is 0 Å². The first-order chi connectivity index (χ1) is 8.25. The summed E-state index contributed by atoms with van der Waals surface area (Å²) < 4.78 is 0. The Kier molecular flexibility index (Phi) is 4.80. The number of carbonyl (C=O) groups is 1. The van der Waals surface area contributed by atoms with Gasteiger partial charge < -0.3 is 10.0 Å². The van der Waals surface area contributed by atoms with Gasteiger partial charge in [0.25, 0.3) is 0 Å². The van der Waals surface area contributed by atoms with E-state index in [0.717, 1.165) is 25.4 Å². The maximum Gasteiger partial charge on any atom is 0.303 e. The average molecular weight is 240 g/mol.